The van der Waals surface area contributed by atoms with Crippen LogP contribution in [0, 0.1) is 41.4 Å². The van der Waals surface area contributed by atoms with Gasteiger partial charge in [-0.3, -0.25) is 38.4 Å². The number of anilines is 1. The van der Waals surface area contributed by atoms with Crippen LogP contribution in [0.15, 0.2) is 66.7 Å². The van der Waals surface area contributed by atoms with Gasteiger partial charge in [-0.2, -0.15) is 0 Å². The van der Waals surface area contributed by atoms with Crippen LogP contribution in [0.2, 0.25) is 0 Å². The molecular weight excluding hydrogens is 1150 g/mol. The number of Topliss-reactive ketones (excluding diaryl/α,β-unsaturated/α-hetero) is 2. The number of hydrogen-bond acceptors (Lipinski definition) is 15. The lowest BCUT2D eigenvalue weighted by Gasteiger charge is -2.41. The monoisotopic (exact) mass is 1260 g/mol. The number of methoxy groups -OCH3 is 3. The lowest BCUT2D eigenvalue weighted by molar-refractivity contribution is -0.149. The van der Waals surface area contributed by atoms with E-state index in [4.69, 9.17) is 14.2 Å². The average molecular weight is 1260 g/mol. The maximum atomic E-state index is 14.8. The van der Waals surface area contributed by atoms with Crippen molar-refractivity contribution in [2.24, 2.45) is 41.4 Å². The summed E-state index contributed by atoms with van der Waals surface area (Å²) in [5, 5.41) is 19.6. The number of likely N-dealkylation sites (N-methyl/N-ethyl adjacent to an activating group) is 2. The van der Waals surface area contributed by atoms with Gasteiger partial charge >= 0.3 is 12.1 Å². The second-order valence-electron chi connectivity index (χ2n) is 25.4. The average Bonchev–Trinajstić information content (AvgIpc) is 1.47. The third-order valence-electron chi connectivity index (χ3n) is 17.5. The highest BCUT2D eigenvalue weighted by molar-refractivity contribution is 5.98. The zero-order valence-corrected chi connectivity index (χ0v) is 56.4. The van der Waals surface area contributed by atoms with Crippen molar-refractivity contribution >= 4 is 64.6 Å². The van der Waals surface area contributed by atoms with Crippen molar-refractivity contribution in [2.75, 3.05) is 47.3 Å². The molecule has 3 rings (SSSR count). The van der Waals surface area contributed by atoms with Gasteiger partial charge in [-0.15, -0.1) is 0 Å². The number of amides is 6. The van der Waals surface area contributed by atoms with Crippen molar-refractivity contribution in [1.82, 2.24) is 25.3 Å². The molecule has 4 N–H and O–H groups in total. The van der Waals surface area contributed by atoms with Crippen LogP contribution < -0.4 is 16.0 Å². The van der Waals surface area contributed by atoms with Crippen molar-refractivity contribution < 1.29 is 72.0 Å². The highest BCUT2D eigenvalue weighted by atomic mass is 16.6. The normalized spacial score (nSPS) is 17.0. The first kappa shape index (κ1) is 77.4. The summed E-state index contributed by atoms with van der Waals surface area (Å²) in [6.45, 7) is 20.5. The van der Waals surface area contributed by atoms with Gasteiger partial charge < -0.3 is 54.7 Å². The van der Waals surface area contributed by atoms with Gasteiger partial charge in [0.05, 0.1) is 68.0 Å². The van der Waals surface area contributed by atoms with Crippen molar-refractivity contribution in [3.05, 3.63) is 77.9 Å². The van der Waals surface area contributed by atoms with Crippen molar-refractivity contribution in [3.63, 3.8) is 0 Å². The molecule has 0 unspecified atom stereocenters. The first-order valence-electron chi connectivity index (χ1n) is 32.1. The van der Waals surface area contributed by atoms with Crippen LogP contribution in [0.1, 0.15) is 170 Å². The number of likely N-dealkylation sites (tertiary alicyclic amines) is 1. The third kappa shape index (κ3) is 23.8. The first-order valence-corrected chi connectivity index (χ1v) is 32.1. The molecule has 0 radical (unpaired) electrons. The molecule has 2 aromatic rings. The number of rotatable bonds is 39. The molecule has 0 saturated carbocycles. The molecule has 90 heavy (non-hydrogen) atoms. The van der Waals surface area contributed by atoms with Crippen molar-refractivity contribution in [2.45, 2.75) is 208 Å². The molecule has 1 heterocycles. The molecule has 12 atom stereocenters. The zero-order chi connectivity index (χ0) is 67.5. The number of ketones is 3. The molecule has 6 amide bonds. The maximum Gasteiger partial charge on any atom is 0.410 e. The summed E-state index contributed by atoms with van der Waals surface area (Å²) >= 11 is 0. The van der Waals surface area contributed by atoms with E-state index in [9.17, 15) is 53.1 Å². The molecule has 1 aliphatic rings. The smallest absolute Gasteiger partial charge is 0.410 e. The molecule has 21 nitrogen and oxygen atoms in total. The Balaban J connectivity index is 1.60. The van der Waals surface area contributed by atoms with Gasteiger partial charge in [0.1, 0.15) is 6.61 Å². The molecule has 0 aliphatic carbocycles. The van der Waals surface area contributed by atoms with Crippen LogP contribution in [0.3, 0.4) is 0 Å². The minimum absolute atomic E-state index is 0.0576. The van der Waals surface area contributed by atoms with E-state index in [1.165, 1.54) is 39.4 Å². The zero-order valence-electron chi connectivity index (χ0n) is 56.4. The number of benzene rings is 2. The Bertz CT molecular complexity index is 2680. The quantitative estimate of drug-likeness (QED) is 0.0276. The summed E-state index contributed by atoms with van der Waals surface area (Å²) in [4.78, 5) is 138. The summed E-state index contributed by atoms with van der Waals surface area (Å²) in [7, 11) is 7.46. The Hall–Kier alpha value is -6.84. The van der Waals surface area contributed by atoms with Gasteiger partial charge in [0.15, 0.2) is 17.3 Å². The fourth-order valence-electron chi connectivity index (χ4n) is 11.9. The summed E-state index contributed by atoms with van der Waals surface area (Å²) < 4.78 is 22.3. The molecule has 1 aliphatic heterocycles. The highest BCUT2D eigenvalue weighted by Gasteiger charge is 2.44. The minimum atomic E-state index is -0.940. The number of ether oxygens (including phenoxy) is 4. The molecule has 1 saturated heterocycles. The first-order chi connectivity index (χ1) is 42.5. The second-order valence-corrected chi connectivity index (χ2v) is 25.4. The Kier molecular flexibility index (Phi) is 33.3. The number of allylic oxidation sites excluding steroid dienone is 1. The number of hydrogen-bond donors (Lipinski definition) is 4. The van der Waals surface area contributed by atoms with E-state index >= 15 is 0 Å². The van der Waals surface area contributed by atoms with E-state index in [-0.39, 0.29) is 103 Å². The molecule has 1 fully saturated rings. The van der Waals surface area contributed by atoms with E-state index in [2.05, 4.69) is 20.7 Å². The Morgan fingerprint density at radius 2 is 1.33 bits per heavy atom. The Labute approximate surface area is 534 Å². The summed E-state index contributed by atoms with van der Waals surface area (Å²) in [6, 6.07) is 12.4. The molecule has 0 spiro atoms. The largest absolute Gasteiger partial charge is 0.466 e. The number of carbonyl (C=O) groups is 10. The van der Waals surface area contributed by atoms with E-state index < -0.39 is 84.2 Å². The van der Waals surface area contributed by atoms with Gasteiger partial charge in [-0.05, 0) is 85.6 Å². The van der Waals surface area contributed by atoms with E-state index in [1.807, 2.05) is 73.6 Å². The number of aliphatic hydroxyl groups is 1. The maximum absolute atomic E-state index is 14.8. The molecular formula is C69H106N6O15. The van der Waals surface area contributed by atoms with Crippen LogP contribution in [-0.4, -0.2) is 163 Å². The lowest BCUT2D eigenvalue weighted by Crippen LogP contribution is -2.55. The fraction of sp³-hybridized carbons (Fsp3) is 0.652. The van der Waals surface area contributed by atoms with Crippen molar-refractivity contribution in [3.8, 4) is 0 Å². The number of esters is 1. The number of carbonyl (C=O) groups excluding carboxylic acids is 10. The molecule has 502 valence electrons. The summed E-state index contributed by atoms with van der Waals surface area (Å²) in [6.07, 6.45) is 3.93. The van der Waals surface area contributed by atoms with E-state index in [1.54, 1.807) is 74.0 Å². The topological polar surface area (TPSA) is 274 Å². The van der Waals surface area contributed by atoms with Crippen molar-refractivity contribution in [1.29, 1.82) is 0 Å². The second kappa shape index (κ2) is 38.8. The Morgan fingerprint density at radius 3 is 1.90 bits per heavy atom. The number of aliphatic hydroxyl groups excluding tert-OH is 1. The SMILES string of the molecule is CC[C@H](C)[C@@H]([C@@H](CC(=O)N1CCC[C@H]1[C@H](OC)[C@@H](C)C(=O)N[C@H](C)[C@@H](O)c1ccccc1)OC)N(C)C(=O)[C@@H](CC(=O)[C@H](C(C)C)N(C)C(=O)OCc1ccc(NC(=O)[C@H](C)CC(=O)[C@@H](NC(=O)CCCCCCC(=O)/C=C/C(=O)OC)C(C)C)cc1)C(C)C. The molecule has 21 heteroatoms. The third-order valence-corrected chi connectivity index (χ3v) is 17.5. The van der Waals surface area contributed by atoms with Gasteiger partial charge in [-0.25, -0.2) is 9.59 Å². The van der Waals surface area contributed by atoms with Gasteiger partial charge in [0.2, 0.25) is 29.5 Å². The van der Waals surface area contributed by atoms with Crippen LogP contribution in [0.25, 0.3) is 0 Å². The number of nitrogens with one attached hydrogen (secondary N) is 3. The standard InChI is InChI=1S/C69H106N6O15/c1-17-45(8)63(57(87-14)40-59(80)75-37-25-29-54(75)65(89-16)47(10)67(84)70-48(11)64(82)50-26-21-20-22-27-50)73(12)68(85)53(42(2)3)39-56(78)62(44(6)7)74(13)69(86)90-41-49-31-33-51(34-32-49)71-66(83)46(9)38-55(77)61(43(4)5)72-58(79)30-24-19-18-23-28-52(76)35-36-60(81)88-15/h20-22,26-27,31-36,42-48,53-54,57,61-65,82H,17-19,23-25,28-30,37-41H2,1-16H3,(H,70,84)(H,71,83)(H,72,79)/b36-35+/t45-,46+,47+,48+,53-,54-,57+,61-,62-,63-,64+,65+/m0/s1. The highest BCUT2D eigenvalue weighted by Crippen LogP contribution is 2.32. The van der Waals surface area contributed by atoms with Crippen LogP contribution in [0.5, 0.6) is 0 Å². The Morgan fingerprint density at radius 1 is 0.700 bits per heavy atom. The van der Waals surface area contributed by atoms with Crippen LogP contribution in [-0.2, 0) is 68.7 Å². The minimum Gasteiger partial charge on any atom is -0.466 e. The van der Waals surface area contributed by atoms with Crippen LogP contribution >= 0.6 is 0 Å². The summed E-state index contributed by atoms with van der Waals surface area (Å²) in [5.74, 6) is -6.03. The molecule has 0 bridgehead atoms. The predicted molar refractivity (Wildman–Crippen MR) is 344 cm³/mol. The molecule has 2 aromatic carbocycles. The van der Waals surface area contributed by atoms with E-state index in [0.717, 1.165) is 12.5 Å². The fourth-order valence-corrected chi connectivity index (χ4v) is 11.9. The van der Waals surface area contributed by atoms with Gasteiger partial charge in [-0.1, -0.05) is 131 Å². The van der Waals surface area contributed by atoms with Gasteiger partial charge in [0, 0.05) is 84.1 Å². The van der Waals surface area contributed by atoms with Gasteiger partial charge in [0.25, 0.3) is 0 Å². The summed E-state index contributed by atoms with van der Waals surface area (Å²) in [5.41, 5.74) is 1.72. The predicted octanol–water partition coefficient (Wildman–Crippen LogP) is 8.98. The number of nitrogens with zero attached hydrogens (tertiary/aromatic N) is 3. The molecule has 0 aromatic heterocycles. The number of unbranched alkanes of at least 4 members (excludes halogenated alkanes) is 3. The van der Waals surface area contributed by atoms with E-state index in [0.29, 0.717) is 61.9 Å². The van der Waals surface area contributed by atoms with Crippen LogP contribution in [0.4, 0.5) is 10.5 Å². The lowest BCUT2D eigenvalue weighted by atomic mass is 9.83.